The van der Waals surface area contributed by atoms with E-state index in [1.54, 1.807) is 0 Å². The third-order valence-corrected chi connectivity index (χ3v) is 6.03. The lowest BCUT2D eigenvalue weighted by molar-refractivity contribution is 0.345. The highest BCUT2D eigenvalue weighted by Crippen LogP contribution is 2.49. The van der Waals surface area contributed by atoms with Crippen molar-refractivity contribution in [2.24, 2.45) is 5.92 Å². The largest absolute Gasteiger partial charge is 0.430 e. The molecule has 1 heterocycles. The zero-order valence-electron chi connectivity index (χ0n) is 14.2. The van der Waals surface area contributed by atoms with Crippen molar-refractivity contribution >= 4 is 20.0 Å². The summed E-state index contributed by atoms with van der Waals surface area (Å²) in [7, 11) is -3.25. The lowest BCUT2D eigenvalue weighted by Gasteiger charge is -2.25. The number of benzene rings is 2. The fraction of sp³-hybridized carbons (Fsp3) is 0.368. The fourth-order valence-corrected chi connectivity index (χ4v) is 4.69. The van der Waals surface area contributed by atoms with Crippen LogP contribution in [0.3, 0.4) is 0 Å². The summed E-state index contributed by atoms with van der Waals surface area (Å²) in [5, 5.41) is 3.36. The van der Waals surface area contributed by atoms with Gasteiger partial charge in [0, 0.05) is 0 Å². The average Bonchev–Trinajstić information content (AvgIpc) is 2.63. The molecule has 0 saturated carbocycles. The smallest absolute Gasteiger partial charge is 0.416 e. The summed E-state index contributed by atoms with van der Waals surface area (Å²) in [5.74, 6) is 1.75. The minimum Gasteiger partial charge on any atom is -0.416 e. The molecule has 0 amide bonds. The van der Waals surface area contributed by atoms with Crippen LogP contribution in [0.4, 0.5) is 0 Å². The number of para-hydroxylation sites is 2. The van der Waals surface area contributed by atoms with Crippen LogP contribution in [0, 0.1) is 5.92 Å². The van der Waals surface area contributed by atoms with Crippen molar-refractivity contribution in [1.82, 2.24) is 5.32 Å². The van der Waals surface area contributed by atoms with E-state index in [2.05, 4.69) is 5.32 Å². The Labute approximate surface area is 155 Å². The molecule has 25 heavy (non-hydrogen) atoms. The zero-order chi connectivity index (χ0) is 16.7. The standard InChI is InChI=1S/C19H24NO3P.ClH/c21-24(22-18-7-3-1-4-8-18,23-19-9-5-2-6-10-19)16-13-17-11-14-20-15-12-17;/h1-10,17,20H,11-16H2;1H. The van der Waals surface area contributed by atoms with Crippen LogP contribution < -0.4 is 14.4 Å². The molecule has 136 valence electrons. The molecule has 1 aliphatic rings. The van der Waals surface area contributed by atoms with Crippen molar-refractivity contribution in [2.75, 3.05) is 19.3 Å². The normalized spacial score (nSPS) is 15.2. The predicted molar refractivity (Wildman–Crippen MR) is 104 cm³/mol. The first-order valence-electron chi connectivity index (χ1n) is 8.53. The Kier molecular flexibility index (Phi) is 7.83. The van der Waals surface area contributed by atoms with E-state index in [0.29, 0.717) is 23.6 Å². The van der Waals surface area contributed by atoms with Crippen LogP contribution in [0.2, 0.25) is 0 Å². The highest BCUT2D eigenvalue weighted by molar-refractivity contribution is 7.54. The Morgan fingerprint density at radius 2 is 1.36 bits per heavy atom. The predicted octanol–water partition coefficient (Wildman–Crippen LogP) is 5.15. The number of hydrogen-bond donors (Lipinski definition) is 1. The van der Waals surface area contributed by atoms with Gasteiger partial charge in [0.15, 0.2) is 0 Å². The maximum absolute atomic E-state index is 13.3. The van der Waals surface area contributed by atoms with Crippen LogP contribution in [-0.4, -0.2) is 19.3 Å². The van der Waals surface area contributed by atoms with Crippen LogP contribution >= 0.6 is 20.0 Å². The average molecular weight is 382 g/mol. The van der Waals surface area contributed by atoms with Crippen molar-refractivity contribution in [3.63, 3.8) is 0 Å². The van der Waals surface area contributed by atoms with Gasteiger partial charge in [-0.2, -0.15) is 0 Å². The summed E-state index contributed by atoms with van der Waals surface area (Å²) >= 11 is 0. The molecule has 6 heteroatoms. The molecule has 2 aromatic carbocycles. The second kappa shape index (κ2) is 9.86. The van der Waals surface area contributed by atoms with Gasteiger partial charge in [-0.25, -0.2) is 4.57 Å². The molecule has 0 radical (unpaired) electrons. The number of piperidine rings is 1. The lowest BCUT2D eigenvalue weighted by atomic mass is 9.96. The molecule has 2 aromatic rings. The van der Waals surface area contributed by atoms with E-state index in [4.69, 9.17) is 9.05 Å². The van der Waals surface area contributed by atoms with Gasteiger partial charge in [-0.1, -0.05) is 36.4 Å². The number of halogens is 1. The first-order chi connectivity index (χ1) is 11.7. The quantitative estimate of drug-likeness (QED) is 0.674. The van der Waals surface area contributed by atoms with Crippen LogP contribution in [0.15, 0.2) is 60.7 Å². The molecule has 3 rings (SSSR count). The van der Waals surface area contributed by atoms with Gasteiger partial charge in [0.25, 0.3) is 0 Å². The van der Waals surface area contributed by atoms with Crippen LogP contribution in [0.5, 0.6) is 11.5 Å². The molecule has 1 aliphatic heterocycles. The summed E-state index contributed by atoms with van der Waals surface area (Å²) < 4.78 is 25.0. The van der Waals surface area contributed by atoms with Gasteiger partial charge in [-0.15, -0.1) is 12.4 Å². The summed E-state index contributed by atoms with van der Waals surface area (Å²) in [6, 6.07) is 18.5. The van der Waals surface area contributed by atoms with Gasteiger partial charge in [0.05, 0.1) is 6.16 Å². The maximum Gasteiger partial charge on any atom is 0.430 e. The molecule has 1 fully saturated rings. The monoisotopic (exact) mass is 381 g/mol. The second-order valence-corrected chi connectivity index (χ2v) is 8.16. The highest BCUT2D eigenvalue weighted by atomic mass is 35.5. The first kappa shape index (κ1) is 19.8. The minimum atomic E-state index is -3.25. The van der Waals surface area contributed by atoms with Crippen molar-refractivity contribution in [1.29, 1.82) is 0 Å². The van der Waals surface area contributed by atoms with Gasteiger partial charge in [0.1, 0.15) is 11.5 Å². The maximum atomic E-state index is 13.3. The van der Waals surface area contributed by atoms with Gasteiger partial charge in [-0.05, 0) is 62.5 Å². The van der Waals surface area contributed by atoms with Gasteiger partial charge in [0.2, 0.25) is 0 Å². The third-order valence-electron chi connectivity index (χ3n) is 4.25. The number of nitrogens with one attached hydrogen (secondary N) is 1. The molecule has 4 nitrogen and oxygen atoms in total. The minimum absolute atomic E-state index is 0. The van der Waals surface area contributed by atoms with Crippen LogP contribution in [0.1, 0.15) is 19.3 Å². The summed E-state index contributed by atoms with van der Waals surface area (Å²) in [6.07, 6.45) is 3.54. The van der Waals surface area contributed by atoms with Gasteiger partial charge < -0.3 is 14.4 Å². The van der Waals surface area contributed by atoms with E-state index in [0.717, 1.165) is 32.4 Å². The highest BCUT2D eigenvalue weighted by Gasteiger charge is 2.29. The molecular weight excluding hydrogens is 357 g/mol. The van der Waals surface area contributed by atoms with E-state index in [9.17, 15) is 4.57 Å². The van der Waals surface area contributed by atoms with Gasteiger partial charge >= 0.3 is 7.60 Å². The lowest BCUT2D eigenvalue weighted by Crippen LogP contribution is -2.28. The molecule has 0 unspecified atom stereocenters. The number of hydrogen-bond acceptors (Lipinski definition) is 4. The Morgan fingerprint density at radius 1 is 0.880 bits per heavy atom. The Morgan fingerprint density at radius 3 is 1.84 bits per heavy atom. The summed E-state index contributed by atoms with van der Waals surface area (Å²) in [5.41, 5.74) is 0. The molecule has 0 aromatic heterocycles. The first-order valence-corrected chi connectivity index (χ1v) is 10.3. The third kappa shape index (κ3) is 6.39. The van der Waals surface area contributed by atoms with E-state index < -0.39 is 7.60 Å². The topological polar surface area (TPSA) is 47.6 Å². The van der Waals surface area contributed by atoms with Crippen molar-refractivity contribution < 1.29 is 13.6 Å². The Bertz CT molecular complexity index is 617. The van der Waals surface area contributed by atoms with E-state index in [-0.39, 0.29) is 12.4 Å². The van der Waals surface area contributed by atoms with Crippen molar-refractivity contribution in [3.05, 3.63) is 60.7 Å². The Hall–Kier alpha value is -1.48. The van der Waals surface area contributed by atoms with Crippen molar-refractivity contribution in [2.45, 2.75) is 19.3 Å². The summed E-state index contributed by atoms with van der Waals surface area (Å²) in [4.78, 5) is 0. The fourth-order valence-electron chi connectivity index (χ4n) is 2.90. The molecular formula is C19H25ClNO3P. The zero-order valence-corrected chi connectivity index (χ0v) is 15.9. The van der Waals surface area contributed by atoms with Crippen molar-refractivity contribution in [3.8, 4) is 11.5 Å². The second-order valence-electron chi connectivity index (χ2n) is 6.13. The van der Waals surface area contributed by atoms with Crippen LogP contribution in [-0.2, 0) is 4.57 Å². The van der Waals surface area contributed by atoms with Gasteiger partial charge in [-0.3, -0.25) is 0 Å². The van der Waals surface area contributed by atoms with E-state index in [1.165, 1.54) is 0 Å². The Balaban J connectivity index is 0.00000225. The molecule has 1 saturated heterocycles. The molecule has 0 spiro atoms. The molecule has 1 N–H and O–H groups in total. The van der Waals surface area contributed by atoms with E-state index >= 15 is 0 Å². The van der Waals surface area contributed by atoms with Crippen LogP contribution in [0.25, 0.3) is 0 Å². The summed E-state index contributed by atoms with van der Waals surface area (Å²) in [6.45, 7) is 2.07. The SMILES string of the molecule is Cl.O=P(CCC1CCNCC1)(Oc1ccccc1)Oc1ccccc1. The molecule has 0 aliphatic carbocycles. The van der Waals surface area contributed by atoms with E-state index in [1.807, 2.05) is 60.7 Å². The molecule has 0 atom stereocenters. The molecule has 0 bridgehead atoms. The number of rotatable bonds is 7.